The molecule has 0 spiro atoms. The fourth-order valence-corrected chi connectivity index (χ4v) is 4.46. The van der Waals surface area contributed by atoms with E-state index in [1.54, 1.807) is 12.1 Å². The quantitative estimate of drug-likeness (QED) is 0.519. The van der Waals surface area contributed by atoms with Crippen LogP contribution in [0.15, 0.2) is 41.1 Å². The van der Waals surface area contributed by atoms with Crippen LogP contribution in [-0.2, 0) is 29.5 Å². The van der Waals surface area contributed by atoms with Gasteiger partial charge in [0, 0.05) is 49.4 Å². The zero-order valence-electron chi connectivity index (χ0n) is 18.8. The number of halogens is 1. The van der Waals surface area contributed by atoms with Crippen LogP contribution in [-0.4, -0.2) is 45.5 Å². The van der Waals surface area contributed by atoms with E-state index < -0.39 is 5.41 Å². The Morgan fingerprint density at radius 1 is 1.31 bits per heavy atom. The number of ether oxygens (including phenoxy) is 1. The van der Waals surface area contributed by atoms with Crippen LogP contribution in [0.5, 0.6) is 0 Å². The van der Waals surface area contributed by atoms with E-state index in [0.717, 1.165) is 42.8 Å². The number of aromatic nitrogens is 3. The summed E-state index contributed by atoms with van der Waals surface area (Å²) in [7, 11) is 1.93. The van der Waals surface area contributed by atoms with Gasteiger partial charge in [-0.25, -0.2) is 4.39 Å². The first kappa shape index (κ1) is 22.2. The highest BCUT2D eigenvalue weighted by Crippen LogP contribution is 2.37. The second-order valence-corrected chi connectivity index (χ2v) is 8.56. The molecule has 8 heteroatoms. The summed E-state index contributed by atoms with van der Waals surface area (Å²) < 4.78 is 26.2. The van der Waals surface area contributed by atoms with Gasteiger partial charge >= 0.3 is 5.97 Å². The molecule has 4 rings (SSSR count). The van der Waals surface area contributed by atoms with E-state index in [1.807, 2.05) is 30.9 Å². The molecule has 32 heavy (non-hydrogen) atoms. The molecule has 1 aliphatic rings. The van der Waals surface area contributed by atoms with Crippen LogP contribution in [0.2, 0.25) is 0 Å². The summed E-state index contributed by atoms with van der Waals surface area (Å²) in [5, 5.41) is 8.48. The molecule has 1 aliphatic heterocycles. The highest BCUT2D eigenvalue weighted by molar-refractivity contribution is 5.77. The van der Waals surface area contributed by atoms with E-state index in [2.05, 4.69) is 22.1 Å². The van der Waals surface area contributed by atoms with Gasteiger partial charge in [0.2, 0.25) is 0 Å². The van der Waals surface area contributed by atoms with Crippen LogP contribution >= 0.6 is 0 Å². The lowest BCUT2D eigenvalue weighted by molar-refractivity contribution is -0.159. The van der Waals surface area contributed by atoms with Crippen molar-refractivity contribution in [3.8, 4) is 11.3 Å². The van der Waals surface area contributed by atoms with Crippen LogP contribution < -0.4 is 0 Å². The summed E-state index contributed by atoms with van der Waals surface area (Å²) >= 11 is 0. The smallest absolute Gasteiger partial charge is 0.313 e. The molecule has 170 valence electrons. The van der Waals surface area contributed by atoms with Crippen LogP contribution in [0.3, 0.4) is 0 Å². The number of esters is 1. The average molecular weight is 441 g/mol. The lowest BCUT2D eigenvalue weighted by Gasteiger charge is -2.40. The number of rotatable bonds is 7. The van der Waals surface area contributed by atoms with Gasteiger partial charge in [-0.2, -0.15) is 5.10 Å². The Labute approximate surface area is 187 Å². The summed E-state index contributed by atoms with van der Waals surface area (Å²) in [5.74, 6) is 0.119. The molecule has 0 amide bonds. The molecule has 1 fully saturated rings. The van der Waals surface area contributed by atoms with Crippen molar-refractivity contribution >= 4 is 5.97 Å². The maximum absolute atomic E-state index is 13.2. The molecular formula is C24H29FN4O3. The van der Waals surface area contributed by atoms with Crippen molar-refractivity contribution in [1.29, 1.82) is 0 Å². The number of piperidine rings is 1. The minimum absolute atomic E-state index is 0.202. The Bertz CT molecular complexity index is 1080. The van der Waals surface area contributed by atoms with Crippen LogP contribution in [0.25, 0.3) is 11.3 Å². The molecule has 7 nitrogen and oxygen atoms in total. The summed E-state index contributed by atoms with van der Waals surface area (Å²) in [6, 6.07) is 7.94. The van der Waals surface area contributed by atoms with Crippen molar-refractivity contribution in [1.82, 2.24) is 19.8 Å². The minimum Gasteiger partial charge on any atom is -0.466 e. The molecule has 2 aromatic heterocycles. The molecule has 0 radical (unpaired) electrons. The first-order valence-corrected chi connectivity index (χ1v) is 11.0. The van der Waals surface area contributed by atoms with Crippen molar-refractivity contribution in [2.24, 2.45) is 12.5 Å². The normalized spacial score (nSPS) is 19.2. The van der Waals surface area contributed by atoms with E-state index in [0.29, 0.717) is 31.0 Å². The zero-order chi connectivity index (χ0) is 22.7. The number of likely N-dealkylation sites (tertiary alicyclic amines) is 1. The first-order valence-electron chi connectivity index (χ1n) is 11.0. The first-order chi connectivity index (χ1) is 15.4. The minimum atomic E-state index is -0.704. The van der Waals surface area contributed by atoms with Gasteiger partial charge < -0.3 is 9.26 Å². The van der Waals surface area contributed by atoms with Crippen LogP contribution in [0, 0.1) is 18.2 Å². The number of hydrogen-bond acceptors (Lipinski definition) is 6. The molecule has 0 N–H and O–H groups in total. The molecule has 1 saturated heterocycles. The van der Waals surface area contributed by atoms with Gasteiger partial charge in [0.1, 0.15) is 17.3 Å². The highest BCUT2D eigenvalue weighted by atomic mass is 19.1. The molecule has 0 aliphatic carbocycles. The standard InChI is InChI=1S/C24H29FN4O3/c1-4-31-23(30)24(10-5-11-29(16-24)15-19-14-26-28(3)17(19)2)13-21-12-22(27-32-21)18-6-8-20(25)9-7-18/h6-9,12,14H,4-5,10-11,13,15-16H2,1-3H3/t24-/m1/s1. The lowest BCUT2D eigenvalue weighted by atomic mass is 9.76. The molecule has 0 bridgehead atoms. The highest BCUT2D eigenvalue weighted by Gasteiger charge is 2.44. The third-order valence-corrected chi connectivity index (χ3v) is 6.31. The molecule has 1 aromatic carbocycles. The number of benzene rings is 1. The molecule has 1 atom stereocenters. The fraction of sp³-hybridized carbons (Fsp3) is 0.458. The molecule has 0 saturated carbocycles. The van der Waals surface area contributed by atoms with E-state index in [4.69, 9.17) is 9.26 Å². The van der Waals surface area contributed by atoms with Gasteiger partial charge in [0.05, 0.1) is 18.2 Å². The van der Waals surface area contributed by atoms with Crippen molar-refractivity contribution in [2.75, 3.05) is 19.7 Å². The molecule has 3 aromatic rings. The van der Waals surface area contributed by atoms with Crippen molar-refractivity contribution in [2.45, 2.75) is 39.7 Å². The second kappa shape index (κ2) is 9.24. The predicted molar refractivity (Wildman–Crippen MR) is 117 cm³/mol. The van der Waals surface area contributed by atoms with Crippen molar-refractivity contribution < 1.29 is 18.4 Å². The topological polar surface area (TPSA) is 73.4 Å². The van der Waals surface area contributed by atoms with Crippen LogP contribution in [0.4, 0.5) is 4.39 Å². The second-order valence-electron chi connectivity index (χ2n) is 8.56. The maximum atomic E-state index is 13.2. The Kier molecular flexibility index (Phi) is 6.41. The van der Waals surface area contributed by atoms with E-state index in [1.165, 1.54) is 12.1 Å². The number of aryl methyl sites for hydroxylation is 1. The van der Waals surface area contributed by atoms with Crippen molar-refractivity contribution in [3.63, 3.8) is 0 Å². The molecule has 0 unspecified atom stereocenters. The van der Waals surface area contributed by atoms with Crippen LogP contribution in [0.1, 0.15) is 36.8 Å². The Morgan fingerprint density at radius 2 is 2.09 bits per heavy atom. The zero-order valence-corrected chi connectivity index (χ0v) is 18.8. The third-order valence-electron chi connectivity index (χ3n) is 6.31. The van der Waals surface area contributed by atoms with E-state index >= 15 is 0 Å². The third kappa shape index (κ3) is 4.60. The van der Waals surface area contributed by atoms with Gasteiger partial charge in [-0.05, 0) is 57.5 Å². The number of carbonyl (C=O) groups excluding carboxylic acids is 1. The van der Waals surface area contributed by atoms with Gasteiger partial charge in [-0.15, -0.1) is 0 Å². The number of hydrogen-bond donors (Lipinski definition) is 0. The number of nitrogens with zero attached hydrogens (tertiary/aromatic N) is 4. The van der Waals surface area contributed by atoms with Gasteiger partial charge in [-0.1, -0.05) is 5.16 Å². The van der Waals surface area contributed by atoms with Crippen molar-refractivity contribution in [3.05, 3.63) is 59.4 Å². The summed E-state index contributed by atoms with van der Waals surface area (Å²) in [5.41, 5.74) is 2.97. The predicted octanol–water partition coefficient (Wildman–Crippen LogP) is 3.91. The monoisotopic (exact) mass is 440 g/mol. The average Bonchev–Trinajstić information content (AvgIpc) is 3.36. The van der Waals surface area contributed by atoms with Gasteiger partial charge in [0.15, 0.2) is 0 Å². The summed E-state index contributed by atoms with van der Waals surface area (Å²) in [6.45, 7) is 6.43. The summed E-state index contributed by atoms with van der Waals surface area (Å²) in [4.78, 5) is 15.4. The van der Waals surface area contributed by atoms with E-state index in [9.17, 15) is 9.18 Å². The Hall–Kier alpha value is -3.00. The van der Waals surface area contributed by atoms with E-state index in [-0.39, 0.29) is 11.8 Å². The van der Waals surface area contributed by atoms with Gasteiger partial charge in [-0.3, -0.25) is 14.4 Å². The number of carbonyl (C=O) groups is 1. The maximum Gasteiger partial charge on any atom is 0.313 e. The lowest BCUT2D eigenvalue weighted by Crippen LogP contribution is -2.49. The molecule has 3 heterocycles. The largest absolute Gasteiger partial charge is 0.466 e. The van der Waals surface area contributed by atoms with Gasteiger partial charge in [0.25, 0.3) is 0 Å². The fourth-order valence-electron chi connectivity index (χ4n) is 4.46. The Balaban J connectivity index is 1.56. The SMILES string of the molecule is CCOC(=O)[C@@]1(Cc2cc(-c3ccc(F)cc3)no2)CCCN(Cc2cnn(C)c2C)C1. The Morgan fingerprint density at radius 3 is 2.78 bits per heavy atom. The molecular weight excluding hydrogens is 411 g/mol. The summed E-state index contributed by atoms with van der Waals surface area (Å²) in [6.07, 6.45) is 3.90.